The molecule has 0 N–H and O–H groups in total. The summed E-state index contributed by atoms with van der Waals surface area (Å²) in [6.45, 7) is 7.71. The first-order chi connectivity index (χ1) is 10.6. The van der Waals surface area contributed by atoms with Gasteiger partial charge in [0.25, 0.3) is 0 Å². The van der Waals surface area contributed by atoms with Gasteiger partial charge >= 0.3 is 0 Å². The second-order valence-electron chi connectivity index (χ2n) is 5.98. The Bertz CT molecular complexity index is 489. The van der Waals surface area contributed by atoms with Crippen LogP contribution in [0, 0.1) is 0 Å². The van der Waals surface area contributed by atoms with Gasteiger partial charge in [0.2, 0.25) is 5.91 Å². The Labute approximate surface area is 133 Å². The number of piperidine rings is 1. The Morgan fingerprint density at radius 2 is 1.77 bits per heavy atom. The van der Waals surface area contributed by atoms with Crippen molar-refractivity contribution in [3.05, 3.63) is 35.9 Å². The summed E-state index contributed by atoms with van der Waals surface area (Å²) in [4.78, 5) is 28.1. The van der Waals surface area contributed by atoms with E-state index in [0.717, 1.165) is 24.9 Å². The first kappa shape index (κ1) is 16.7. The number of nitrogens with zero attached hydrogens (tertiary/aromatic N) is 2. The zero-order valence-corrected chi connectivity index (χ0v) is 13.6. The first-order valence-electron chi connectivity index (χ1n) is 8.17. The average Bonchev–Trinajstić information content (AvgIpc) is 2.60. The van der Waals surface area contributed by atoms with Crippen molar-refractivity contribution in [3.63, 3.8) is 0 Å². The molecule has 1 aliphatic heterocycles. The van der Waals surface area contributed by atoms with E-state index in [9.17, 15) is 9.59 Å². The van der Waals surface area contributed by atoms with Crippen LogP contribution < -0.4 is 0 Å². The van der Waals surface area contributed by atoms with Crippen LogP contribution >= 0.6 is 0 Å². The van der Waals surface area contributed by atoms with Crippen molar-refractivity contribution >= 4 is 12.2 Å². The molecule has 0 aromatic heterocycles. The number of hydrogen-bond donors (Lipinski definition) is 0. The molecule has 1 fully saturated rings. The quantitative estimate of drug-likeness (QED) is 0.756. The van der Waals surface area contributed by atoms with Crippen molar-refractivity contribution in [2.24, 2.45) is 0 Å². The number of likely N-dealkylation sites (N-methyl/N-ethyl adjacent to an activating group) is 1. The van der Waals surface area contributed by atoms with Gasteiger partial charge < -0.3 is 9.69 Å². The Hall–Kier alpha value is -1.68. The maximum Gasteiger partial charge on any atom is 0.236 e. The van der Waals surface area contributed by atoms with Gasteiger partial charge in [-0.05, 0) is 31.5 Å². The summed E-state index contributed by atoms with van der Waals surface area (Å²) in [5.41, 5.74) is 0.647. The van der Waals surface area contributed by atoms with Gasteiger partial charge in [-0.2, -0.15) is 0 Å². The van der Waals surface area contributed by atoms with E-state index in [1.165, 1.54) is 0 Å². The fraction of sp³-hybridized carbons (Fsp3) is 0.556. The third-order valence-corrected chi connectivity index (χ3v) is 4.84. The lowest BCUT2D eigenvalue weighted by molar-refractivity contribution is -0.135. The van der Waals surface area contributed by atoms with E-state index in [2.05, 4.69) is 18.7 Å². The van der Waals surface area contributed by atoms with Gasteiger partial charge in [-0.1, -0.05) is 44.2 Å². The van der Waals surface area contributed by atoms with Crippen LogP contribution in [0.25, 0.3) is 0 Å². The molecule has 1 aromatic rings. The Morgan fingerprint density at radius 3 is 2.27 bits per heavy atom. The molecule has 0 saturated carbocycles. The van der Waals surface area contributed by atoms with Gasteiger partial charge in [0.1, 0.15) is 6.29 Å². The van der Waals surface area contributed by atoms with Gasteiger partial charge in [0, 0.05) is 13.1 Å². The van der Waals surface area contributed by atoms with Crippen molar-refractivity contribution in [1.29, 1.82) is 0 Å². The van der Waals surface area contributed by atoms with Crippen LogP contribution in [0.4, 0.5) is 0 Å². The first-order valence-corrected chi connectivity index (χ1v) is 8.17. The zero-order chi connectivity index (χ0) is 16.0. The highest BCUT2D eigenvalue weighted by atomic mass is 16.2. The lowest BCUT2D eigenvalue weighted by Gasteiger charge is -2.39. The summed E-state index contributed by atoms with van der Waals surface area (Å²) in [5.74, 6) is 0.177. The highest BCUT2D eigenvalue weighted by Gasteiger charge is 2.37. The van der Waals surface area contributed by atoms with Gasteiger partial charge in [0.15, 0.2) is 0 Å². The predicted octanol–water partition coefficient (Wildman–Crippen LogP) is 2.09. The second kappa shape index (κ2) is 7.54. The summed E-state index contributed by atoms with van der Waals surface area (Å²) in [6, 6.07) is 9.94. The molecule has 0 atom stereocenters. The molecule has 1 aliphatic rings. The molecule has 2 rings (SSSR count). The molecule has 0 bridgehead atoms. The van der Waals surface area contributed by atoms with E-state index >= 15 is 0 Å². The molecule has 0 spiro atoms. The van der Waals surface area contributed by atoms with Gasteiger partial charge in [-0.15, -0.1) is 0 Å². The molecule has 4 heteroatoms. The Kier molecular flexibility index (Phi) is 5.72. The third kappa shape index (κ3) is 3.55. The maximum absolute atomic E-state index is 12.4. The van der Waals surface area contributed by atoms with E-state index in [1.54, 1.807) is 0 Å². The zero-order valence-electron chi connectivity index (χ0n) is 13.6. The summed E-state index contributed by atoms with van der Waals surface area (Å²) in [5, 5.41) is 0. The number of likely N-dealkylation sites (tertiary alicyclic amines) is 1. The van der Waals surface area contributed by atoms with E-state index in [0.29, 0.717) is 32.5 Å². The van der Waals surface area contributed by atoms with E-state index < -0.39 is 5.41 Å². The van der Waals surface area contributed by atoms with Gasteiger partial charge in [0.05, 0.1) is 12.0 Å². The summed E-state index contributed by atoms with van der Waals surface area (Å²) < 4.78 is 0. The molecule has 1 saturated heterocycles. The molecular weight excluding hydrogens is 276 g/mol. The molecular formula is C18H26N2O2. The molecule has 0 aliphatic carbocycles. The number of carbonyl (C=O) groups excluding carboxylic acids is 2. The number of benzene rings is 1. The minimum Gasteiger partial charge on any atom is -0.341 e. The van der Waals surface area contributed by atoms with Crippen molar-refractivity contribution < 1.29 is 9.59 Å². The number of carbonyl (C=O) groups is 2. The molecule has 1 amide bonds. The minimum absolute atomic E-state index is 0.177. The Balaban J connectivity index is 2.00. The number of hydrogen-bond acceptors (Lipinski definition) is 3. The van der Waals surface area contributed by atoms with Crippen molar-refractivity contribution in [2.75, 3.05) is 32.7 Å². The van der Waals surface area contributed by atoms with Gasteiger partial charge in [-0.25, -0.2) is 0 Å². The van der Waals surface area contributed by atoms with Crippen LogP contribution in [0.3, 0.4) is 0 Å². The highest BCUT2D eigenvalue weighted by Crippen LogP contribution is 2.33. The number of amides is 1. The van der Waals surface area contributed by atoms with E-state index in [4.69, 9.17) is 0 Å². The molecule has 1 aromatic carbocycles. The smallest absolute Gasteiger partial charge is 0.236 e. The third-order valence-electron chi connectivity index (χ3n) is 4.84. The van der Waals surface area contributed by atoms with Crippen LogP contribution in [0.5, 0.6) is 0 Å². The monoisotopic (exact) mass is 302 g/mol. The molecule has 0 unspecified atom stereocenters. The predicted molar refractivity (Wildman–Crippen MR) is 87.8 cm³/mol. The van der Waals surface area contributed by atoms with Crippen LogP contribution in [0.2, 0.25) is 0 Å². The second-order valence-corrected chi connectivity index (χ2v) is 5.98. The van der Waals surface area contributed by atoms with E-state index in [1.807, 2.05) is 35.2 Å². The van der Waals surface area contributed by atoms with Crippen LogP contribution in [-0.4, -0.2) is 54.7 Å². The SMILES string of the molecule is CCN(CC)CC(=O)N1CCC(C=O)(c2ccccc2)CC1. The molecule has 120 valence electrons. The number of aldehydes is 1. The molecule has 22 heavy (non-hydrogen) atoms. The fourth-order valence-corrected chi connectivity index (χ4v) is 3.14. The molecule has 4 nitrogen and oxygen atoms in total. The van der Waals surface area contributed by atoms with Crippen molar-refractivity contribution in [3.8, 4) is 0 Å². The average molecular weight is 302 g/mol. The van der Waals surface area contributed by atoms with E-state index in [-0.39, 0.29) is 5.91 Å². The van der Waals surface area contributed by atoms with Crippen LogP contribution in [0.15, 0.2) is 30.3 Å². The van der Waals surface area contributed by atoms with Crippen molar-refractivity contribution in [2.45, 2.75) is 32.1 Å². The standard InChI is InChI=1S/C18H26N2O2/c1-3-19(4-2)14-17(22)20-12-10-18(15-21,11-13-20)16-8-6-5-7-9-16/h5-9,15H,3-4,10-14H2,1-2H3. The van der Waals surface area contributed by atoms with Crippen LogP contribution in [0.1, 0.15) is 32.3 Å². The van der Waals surface area contributed by atoms with Gasteiger partial charge in [-0.3, -0.25) is 9.69 Å². The molecule has 1 heterocycles. The lowest BCUT2D eigenvalue weighted by Crippen LogP contribution is -2.48. The van der Waals surface area contributed by atoms with Crippen molar-refractivity contribution in [1.82, 2.24) is 9.80 Å². The topological polar surface area (TPSA) is 40.6 Å². The highest BCUT2D eigenvalue weighted by molar-refractivity contribution is 5.79. The summed E-state index contributed by atoms with van der Waals surface area (Å²) >= 11 is 0. The minimum atomic E-state index is -0.423. The maximum atomic E-state index is 12.4. The Morgan fingerprint density at radius 1 is 1.18 bits per heavy atom. The normalized spacial score (nSPS) is 17.5. The lowest BCUT2D eigenvalue weighted by atomic mass is 9.74. The summed E-state index contributed by atoms with van der Waals surface area (Å²) in [7, 11) is 0. The summed E-state index contributed by atoms with van der Waals surface area (Å²) in [6.07, 6.45) is 2.50. The number of rotatable bonds is 6. The fourth-order valence-electron chi connectivity index (χ4n) is 3.14. The molecule has 0 radical (unpaired) electrons. The van der Waals surface area contributed by atoms with Crippen LogP contribution in [-0.2, 0) is 15.0 Å². The largest absolute Gasteiger partial charge is 0.341 e.